The van der Waals surface area contributed by atoms with Gasteiger partial charge in [-0.15, -0.1) is 0 Å². The first-order chi connectivity index (χ1) is 15.1. The van der Waals surface area contributed by atoms with Crippen LogP contribution in [0.25, 0.3) is 0 Å². The van der Waals surface area contributed by atoms with E-state index in [0.29, 0.717) is 12.5 Å². The van der Waals surface area contributed by atoms with Crippen LogP contribution in [0.5, 0.6) is 5.75 Å². The van der Waals surface area contributed by atoms with Gasteiger partial charge in [0.15, 0.2) is 5.96 Å². The summed E-state index contributed by atoms with van der Waals surface area (Å²) in [6.07, 6.45) is 2.98. The van der Waals surface area contributed by atoms with Crippen LogP contribution in [0.4, 0.5) is 5.82 Å². The largest absolute Gasteiger partial charge is 0.497 e. The van der Waals surface area contributed by atoms with E-state index in [9.17, 15) is 0 Å². The monoisotopic (exact) mass is 424 g/mol. The predicted octanol–water partition coefficient (Wildman–Crippen LogP) is 2.70. The van der Waals surface area contributed by atoms with Crippen LogP contribution in [0.1, 0.15) is 30.4 Å². The Kier molecular flexibility index (Phi) is 8.53. The summed E-state index contributed by atoms with van der Waals surface area (Å²) in [6.45, 7) is 8.04. The van der Waals surface area contributed by atoms with E-state index in [1.54, 1.807) is 14.2 Å². The minimum absolute atomic E-state index is 0.461. The molecule has 1 atom stereocenters. The molecule has 0 aliphatic carbocycles. The van der Waals surface area contributed by atoms with Gasteiger partial charge in [-0.05, 0) is 48.7 Å². The summed E-state index contributed by atoms with van der Waals surface area (Å²) in [4.78, 5) is 13.7. The molecular formula is C24H36N6O. The van der Waals surface area contributed by atoms with Gasteiger partial charge in [0.2, 0.25) is 0 Å². The molecular weight excluding hydrogens is 388 g/mol. The molecule has 3 rings (SSSR count). The van der Waals surface area contributed by atoms with Crippen LogP contribution in [0.3, 0.4) is 0 Å². The zero-order valence-electron chi connectivity index (χ0n) is 19.3. The van der Waals surface area contributed by atoms with Crippen LogP contribution in [0.15, 0.2) is 47.6 Å². The molecule has 1 fully saturated rings. The van der Waals surface area contributed by atoms with Crippen LogP contribution in [-0.4, -0.2) is 69.8 Å². The highest BCUT2D eigenvalue weighted by atomic mass is 16.5. The number of nitrogens with zero attached hydrogens (tertiary/aromatic N) is 4. The quantitative estimate of drug-likeness (QED) is 0.502. The van der Waals surface area contributed by atoms with E-state index in [2.05, 4.69) is 68.6 Å². The number of pyridine rings is 1. The van der Waals surface area contributed by atoms with Gasteiger partial charge in [-0.25, -0.2) is 4.98 Å². The van der Waals surface area contributed by atoms with Crippen molar-refractivity contribution in [3.05, 3.63) is 53.7 Å². The number of rotatable bonds is 8. The number of aliphatic imine (C=N–C) groups is 1. The van der Waals surface area contributed by atoms with Gasteiger partial charge < -0.3 is 25.2 Å². The molecule has 1 aliphatic rings. The summed E-state index contributed by atoms with van der Waals surface area (Å²) in [5.41, 5.74) is 2.46. The third kappa shape index (κ3) is 6.85. The summed E-state index contributed by atoms with van der Waals surface area (Å²) >= 11 is 0. The Morgan fingerprint density at radius 3 is 2.45 bits per heavy atom. The molecule has 2 N–H and O–H groups in total. The summed E-state index contributed by atoms with van der Waals surface area (Å²) in [7, 11) is 5.66. The number of ether oxygens (including phenoxy) is 1. The Morgan fingerprint density at radius 1 is 1.10 bits per heavy atom. The molecule has 1 aliphatic heterocycles. The topological polar surface area (TPSA) is 65.0 Å². The first kappa shape index (κ1) is 22.9. The maximum Gasteiger partial charge on any atom is 0.191 e. The molecule has 0 amide bonds. The second kappa shape index (κ2) is 11.6. The van der Waals surface area contributed by atoms with Crippen LogP contribution < -0.4 is 20.3 Å². The number of piperazine rings is 1. The number of hydrogen-bond donors (Lipinski definition) is 2. The van der Waals surface area contributed by atoms with E-state index < -0.39 is 0 Å². The Morgan fingerprint density at radius 2 is 1.84 bits per heavy atom. The zero-order valence-corrected chi connectivity index (χ0v) is 19.3. The molecule has 31 heavy (non-hydrogen) atoms. The highest BCUT2D eigenvalue weighted by Crippen LogP contribution is 2.21. The average molecular weight is 425 g/mol. The standard InChI is InChI=1S/C24H36N6O/c1-19(21-6-8-22(31-4)9-7-21)11-12-26-24(25-2)28-18-20-5-10-23(27-17-20)30-15-13-29(3)14-16-30/h5-10,17,19H,11-16,18H2,1-4H3,(H2,25,26,28). The molecule has 0 bridgehead atoms. The van der Waals surface area contributed by atoms with Gasteiger partial charge in [-0.3, -0.25) is 4.99 Å². The fraction of sp³-hybridized carbons (Fsp3) is 0.500. The third-order valence-electron chi connectivity index (χ3n) is 5.87. The highest BCUT2D eigenvalue weighted by Gasteiger charge is 2.15. The minimum atomic E-state index is 0.461. The Hall–Kier alpha value is -2.80. The molecule has 0 radical (unpaired) electrons. The Bertz CT molecular complexity index is 813. The minimum Gasteiger partial charge on any atom is -0.497 e. The van der Waals surface area contributed by atoms with E-state index in [1.807, 2.05) is 18.3 Å². The van der Waals surface area contributed by atoms with Crippen LogP contribution >= 0.6 is 0 Å². The molecule has 0 spiro atoms. The molecule has 168 valence electrons. The molecule has 7 nitrogen and oxygen atoms in total. The van der Waals surface area contributed by atoms with Crippen molar-refractivity contribution >= 4 is 11.8 Å². The van der Waals surface area contributed by atoms with Crippen molar-refractivity contribution in [1.82, 2.24) is 20.5 Å². The van der Waals surface area contributed by atoms with E-state index in [4.69, 9.17) is 4.74 Å². The summed E-state index contributed by atoms with van der Waals surface area (Å²) in [5, 5.41) is 6.79. The summed E-state index contributed by atoms with van der Waals surface area (Å²) in [5.74, 6) is 3.23. The van der Waals surface area contributed by atoms with Crippen LogP contribution in [-0.2, 0) is 6.54 Å². The number of aromatic nitrogens is 1. The number of hydrogen-bond acceptors (Lipinski definition) is 5. The fourth-order valence-corrected chi connectivity index (χ4v) is 3.66. The van der Waals surface area contributed by atoms with E-state index >= 15 is 0 Å². The third-order valence-corrected chi connectivity index (χ3v) is 5.87. The maximum absolute atomic E-state index is 5.24. The van der Waals surface area contributed by atoms with Gasteiger partial charge in [-0.2, -0.15) is 0 Å². The van der Waals surface area contributed by atoms with E-state index in [1.165, 1.54) is 5.56 Å². The lowest BCUT2D eigenvalue weighted by molar-refractivity contribution is 0.312. The van der Waals surface area contributed by atoms with Gasteiger partial charge >= 0.3 is 0 Å². The van der Waals surface area contributed by atoms with Crippen LogP contribution in [0, 0.1) is 0 Å². The smallest absolute Gasteiger partial charge is 0.191 e. The first-order valence-electron chi connectivity index (χ1n) is 11.1. The number of anilines is 1. The lowest BCUT2D eigenvalue weighted by Crippen LogP contribution is -2.44. The molecule has 1 aromatic heterocycles. The first-order valence-corrected chi connectivity index (χ1v) is 11.1. The van der Waals surface area contributed by atoms with E-state index in [0.717, 1.165) is 62.2 Å². The van der Waals surface area contributed by atoms with Gasteiger partial charge in [0, 0.05) is 52.5 Å². The zero-order chi connectivity index (χ0) is 22.1. The number of nitrogens with one attached hydrogen (secondary N) is 2. The lowest BCUT2D eigenvalue weighted by atomic mass is 9.98. The second-order valence-electron chi connectivity index (χ2n) is 8.13. The van der Waals surface area contributed by atoms with Gasteiger partial charge in [0.05, 0.1) is 7.11 Å². The molecule has 2 heterocycles. The van der Waals surface area contributed by atoms with Gasteiger partial charge in [-0.1, -0.05) is 25.1 Å². The molecule has 0 saturated carbocycles. The Labute approximate surface area is 186 Å². The molecule has 1 unspecified atom stereocenters. The SMILES string of the molecule is CN=C(NCCC(C)c1ccc(OC)cc1)NCc1ccc(N2CCN(C)CC2)nc1. The van der Waals surface area contributed by atoms with Crippen molar-refractivity contribution in [3.8, 4) is 5.75 Å². The van der Waals surface area contributed by atoms with Crippen molar-refractivity contribution < 1.29 is 4.74 Å². The fourth-order valence-electron chi connectivity index (χ4n) is 3.66. The number of guanidine groups is 1. The molecule has 1 aromatic carbocycles. The summed E-state index contributed by atoms with van der Waals surface area (Å²) in [6, 6.07) is 12.6. The molecule has 1 saturated heterocycles. The van der Waals surface area contributed by atoms with Crippen molar-refractivity contribution in [3.63, 3.8) is 0 Å². The van der Waals surface area contributed by atoms with Gasteiger partial charge in [0.25, 0.3) is 0 Å². The highest BCUT2D eigenvalue weighted by molar-refractivity contribution is 5.79. The van der Waals surface area contributed by atoms with Crippen LogP contribution in [0.2, 0.25) is 0 Å². The summed E-state index contributed by atoms with van der Waals surface area (Å²) < 4.78 is 5.24. The van der Waals surface area contributed by atoms with E-state index in [-0.39, 0.29) is 0 Å². The van der Waals surface area contributed by atoms with Crippen molar-refractivity contribution in [2.24, 2.45) is 4.99 Å². The predicted molar refractivity (Wildman–Crippen MR) is 128 cm³/mol. The van der Waals surface area contributed by atoms with Crippen molar-refractivity contribution in [1.29, 1.82) is 0 Å². The van der Waals surface area contributed by atoms with Crippen molar-refractivity contribution in [2.75, 3.05) is 58.8 Å². The maximum atomic E-state index is 5.24. The number of benzene rings is 1. The van der Waals surface area contributed by atoms with Crippen molar-refractivity contribution in [2.45, 2.75) is 25.8 Å². The molecule has 2 aromatic rings. The normalized spacial score (nSPS) is 16.1. The Balaban J connectivity index is 1.40. The average Bonchev–Trinajstić information content (AvgIpc) is 2.82. The molecule has 7 heteroatoms. The second-order valence-corrected chi connectivity index (χ2v) is 8.13. The van der Waals surface area contributed by atoms with Gasteiger partial charge in [0.1, 0.15) is 11.6 Å². The number of methoxy groups -OCH3 is 1. The lowest BCUT2D eigenvalue weighted by Gasteiger charge is -2.33. The number of likely N-dealkylation sites (N-methyl/N-ethyl adjacent to an activating group) is 1.